The van der Waals surface area contributed by atoms with E-state index in [0.29, 0.717) is 13.0 Å². The van der Waals surface area contributed by atoms with Crippen molar-refractivity contribution < 1.29 is 9.59 Å². The number of hydrogen-bond donors (Lipinski definition) is 2. The first-order valence-electron chi connectivity index (χ1n) is 10.2. The molecule has 5 heteroatoms. The van der Waals surface area contributed by atoms with Gasteiger partial charge in [-0.1, -0.05) is 66.7 Å². The molecule has 152 valence electrons. The van der Waals surface area contributed by atoms with E-state index < -0.39 is 6.04 Å². The number of benzene rings is 3. The van der Waals surface area contributed by atoms with Gasteiger partial charge < -0.3 is 15.5 Å². The fourth-order valence-electron chi connectivity index (χ4n) is 3.83. The van der Waals surface area contributed by atoms with Crippen LogP contribution in [0.4, 0.5) is 16.2 Å². The molecule has 1 aliphatic heterocycles. The maximum atomic E-state index is 13.5. The number of nitrogens with zero attached hydrogens (tertiary/aromatic N) is 1. The number of carbonyl (C=O) groups excluding carboxylic acids is 2. The molecule has 0 bridgehead atoms. The molecule has 0 radical (unpaired) electrons. The lowest BCUT2D eigenvalue weighted by atomic mass is 10.0. The van der Waals surface area contributed by atoms with Crippen LogP contribution in [0, 0.1) is 6.92 Å². The van der Waals surface area contributed by atoms with Gasteiger partial charge in [0.1, 0.15) is 6.04 Å². The Hall–Kier alpha value is -3.60. The fraction of sp³-hybridized carbons (Fsp3) is 0.200. The Labute approximate surface area is 176 Å². The molecule has 0 saturated carbocycles. The average Bonchev–Trinajstić information content (AvgIpc) is 3.19. The van der Waals surface area contributed by atoms with E-state index in [1.165, 1.54) is 0 Å². The van der Waals surface area contributed by atoms with Gasteiger partial charge in [-0.2, -0.15) is 0 Å². The number of fused-ring (bicyclic) bond motifs is 1. The number of anilines is 2. The summed E-state index contributed by atoms with van der Waals surface area (Å²) in [6.07, 6.45) is 1.26. The van der Waals surface area contributed by atoms with Gasteiger partial charge in [0, 0.05) is 24.3 Å². The molecule has 30 heavy (non-hydrogen) atoms. The molecule has 1 aliphatic rings. The first kappa shape index (κ1) is 19.7. The number of urea groups is 1. The van der Waals surface area contributed by atoms with E-state index in [-0.39, 0.29) is 11.9 Å². The Bertz CT molecular complexity index is 1050. The third kappa shape index (κ3) is 4.35. The van der Waals surface area contributed by atoms with Crippen LogP contribution in [0.15, 0.2) is 78.9 Å². The lowest BCUT2D eigenvalue weighted by Crippen LogP contribution is -2.50. The molecule has 1 heterocycles. The summed E-state index contributed by atoms with van der Waals surface area (Å²) in [6, 6.07) is 24.2. The number of rotatable bonds is 5. The van der Waals surface area contributed by atoms with E-state index in [1.807, 2.05) is 85.8 Å². The van der Waals surface area contributed by atoms with Gasteiger partial charge in [-0.3, -0.25) is 4.79 Å². The van der Waals surface area contributed by atoms with Gasteiger partial charge in [0.15, 0.2) is 0 Å². The number of amides is 3. The molecule has 0 aliphatic carbocycles. The van der Waals surface area contributed by atoms with E-state index in [0.717, 1.165) is 34.5 Å². The first-order valence-corrected chi connectivity index (χ1v) is 10.2. The lowest BCUT2D eigenvalue weighted by Gasteiger charge is -2.25. The van der Waals surface area contributed by atoms with Crippen molar-refractivity contribution in [1.82, 2.24) is 5.32 Å². The Balaban J connectivity index is 1.54. The van der Waals surface area contributed by atoms with Crippen LogP contribution in [0.1, 0.15) is 16.7 Å². The molecule has 3 aromatic carbocycles. The van der Waals surface area contributed by atoms with Crippen molar-refractivity contribution in [2.45, 2.75) is 25.8 Å². The second-order valence-electron chi connectivity index (χ2n) is 7.52. The number of nitrogens with one attached hydrogen (secondary N) is 2. The zero-order valence-electron chi connectivity index (χ0n) is 17.0. The topological polar surface area (TPSA) is 61.4 Å². The second-order valence-corrected chi connectivity index (χ2v) is 7.52. The van der Waals surface area contributed by atoms with Gasteiger partial charge in [0.2, 0.25) is 5.91 Å². The highest BCUT2D eigenvalue weighted by Crippen LogP contribution is 2.28. The molecule has 5 nitrogen and oxygen atoms in total. The number of aryl methyl sites for hydroxylation is 1. The van der Waals surface area contributed by atoms with E-state index in [9.17, 15) is 9.59 Å². The predicted octanol–water partition coefficient (Wildman–Crippen LogP) is 4.32. The van der Waals surface area contributed by atoms with Gasteiger partial charge >= 0.3 is 6.03 Å². The van der Waals surface area contributed by atoms with Crippen molar-refractivity contribution in [2.75, 3.05) is 16.8 Å². The third-order valence-corrected chi connectivity index (χ3v) is 5.43. The Morgan fingerprint density at radius 2 is 1.63 bits per heavy atom. The number of carbonyl (C=O) groups is 2. The lowest BCUT2D eigenvalue weighted by molar-refractivity contribution is -0.120. The molecule has 2 N–H and O–H groups in total. The molecule has 1 atom stereocenters. The zero-order chi connectivity index (χ0) is 20.9. The van der Waals surface area contributed by atoms with Crippen LogP contribution in [0.25, 0.3) is 0 Å². The highest BCUT2D eigenvalue weighted by Gasteiger charge is 2.31. The summed E-state index contributed by atoms with van der Waals surface area (Å²) in [4.78, 5) is 28.0. The van der Waals surface area contributed by atoms with Gasteiger partial charge in [0.25, 0.3) is 0 Å². The summed E-state index contributed by atoms with van der Waals surface area (Å²) < 4.78 is 0. The second kappa shape index (κ2) is 8.82. The van der Waals surface area contributed by atoms with Crippen LogP contribution < -0.4 is 15.5 Å². The van der Waals surface area contributed by atoms with E-state index in [1.54, 1.807) is 4.90 Å². The third-order valence-electron chi connectivity index (χ3n) is 5.43. The van der Waals surface area contributed by atoms with Crippen molar-refractivity contribution in [1.29, 1.82) is 0 Å². The summed E-state index contributed by atoms with van der Waals surface area (Å²) in [5.74, 6) is -0.0938. The van der Waals surface area contributed by atoms with Gasteiger partial charge in [-0.05, 0) is 42.2 Å². The van der Waals surface area contributed by atoms with Crippen molar-refractivity contribution in [3.05, 3.63) is 95.6 Å². The van der Waals surface area contributed by atoms with Crippen LogP contribution >= 0.6 is 0 Å². The van der Waals surface area contributed by atoms with E-state index >= 15 is 0 Å². The predicted molar refractivity (Wildman–Crippen MR) is 120 cm³/mol. The molecule has 0 fully saturated rings. The minimum Gasteiger partial charge on any atom is -0.326 e. The first-order chi connectivity index (χ1) is 14.6. The molecule has 0 unspecified atom stereocenters. The zero-order valence-corrected chi connectivity index (χ0v) is 17.0. The monoisotopic (exact) mass is 399 g/mol. The van der Waals surface area contributed by atoms with Crippen molar-refractivity contribution in [2.24, 2.45) is 0 Å². The minimum atomic E-state index is -0.664. The van der Waals surface area contributed by atoms with Gasteiger partial charge in [-0.25, -0.2) is 4.79 Å². The number of hydrogen-bond acceptors (Lipinski definition) is 2. The summed E-state index contributed by atoms with van der Waals surface area (Å²) in [5, 5.41) is 5.78. The van der Waals surface area contributed by atoms with Crippen molar-refractivity contribution in [3.8, 4) is 0 Å². The normalized spacial score (nSPS) is 13.4. The molecule has 3 aromatic rings. The van der Waals surface area contributed by atoms with Crippen LogP contribution in [0.2, 0.25) is 0 Å². The Morgan fingerprint density at radius 1 is 0.933 bits per heavy atom. The maximum Gasteiger partial charge on any atom is 0.319 e. The molecular formula is C25H25N3O2. The number of para-hydroxylation sites is 2. The van der Waals surface area contributed by atoms with Crippen LogP contribution in [-0.2, 0) is 17.6 Å². The largest absolute Gasteiger partial charge is 0.326 e. The summed E-state index contributed by atoms with van der Waals surface area (Å²) in [5.41, 5.74) is 4.79. The molecule has 0 spiro atoms. The Kier molecular flexibility index (Phi) is 5.80. The van der Waals surface area contributed by atoms with Gasteiger partial charge in [0.05, 0.1) is 0 Å². The smallest absolute Gasteiger partial charge is 0.319 e. The van der Waals surface area contributed by atoms with Crippen molar-refractivity contribution in [3.63, 3.8) is 0 Å². The highest BCUT2D eigenvalue weighted by molar-refractivity contribution is 6.02. The SMILES string of the molecule is Cc1ccccc1NC(=O)N[C@@H](Cc1ccccc1)C(=O)N1CCc2ccccc21. The molecule has 4 rings (SSSR count). The molecule has 0 aromatic heterocycles. The molecule has 0 saturated heterocycles. The van der Waals surface area contributed by atoms with Crippen molar-refractivity contribution >= 4 is 23.3 Å². The summed E-state index contributed by atoms with van der Waals surface area (Å²) >= 11 is 0. The summed E-state index contributed by atoms with van der Waals surface area (Å²) in [7, 11) is 0. The average molecular weight is 399 g/mol. The highest BCUT2D eigenvalue weighted by atomic mass is 16.2. The minimum absolute atomic E-state index is 0.0938. The van der Waals surface area contributed by atoms with E-state index in [4.69, 9.17) is 0 Å². The summed E-state index contributed by atoms with van der Waals surface area (Å²) in [6.45, 7) is 2.56. The Morgan fingerprint density at radius 3 is 2.43 bits per heavy atom. The van der Waals surface area contributed by atoms with Gasteiger partial charge in [-0.15, -0.1) is 0 Å². The fourth-order valence-corrected chi connectivity index (χ4v) is 3.83. The van der Waals surface area contributed by atoms with E-state index in [2.05, 4.69) is 10.6 Å². The van der Waals surface area contributed by atoms with Crippen LogP contribution in [0.3, 0.4) is 0 Å². The quantitative estimate of drug-likeness (QED) is 0.671. The van der Waals surface area contributed by atoms with Crippen LogP contribution in [-0.4, -0.2) is 24.5 Å². The molecular weight excluding hydrogens is 374 g/mol. The molecule has 3 amide bonds. The standard InChI is InChI=1S/C25H25N3O2/c1-18-9-5-7-13-21(18)26-25(30)27-22(17-19-10-3-2-4-11-19)24(29)28-16-15-20-12-6-8-14-23(20)28/h2-14,22H,15-17H2,1H3,(H2,26,27,30)/t22-/m0/s1. The maximum absolute atomic E-state index is 13.5. The van der Waals surface area contributed by atoms with Crippen LogP contribution in [0.5, 0.6) is 0 Å².